The number of urea groups is 1. The number of ether oxygens (including phenoxy) is 1. The Bertz CT molecular complexity index is 823. The molecule has 26 heavy (non-hydrogen) atoms. The SMILES string of the molecule is COc1ccc(CN(C)C(=O)c2ccc(N3CCNC3=O)cc2)cc1F. The molecule has 3 amide bonds. The van der Waals surface area contributed by atoms with Crippen LogP contribution >= 0.6 is 0 Å². The van der Waals surface area contributed by atoms with E-state index in [0.29, 0.717) is 24.2 Å². The van der Waals surface area contributed by atoms with Gasteiger partial charge >= 0.3 is 6.03 Å². The van der Waals surface area contributed by atoms with E-state index in [0.717, 1.165) is 5.69 Å². The molecule has 1 fully saturated rings. The maximum Gasteiger partial charge on any atom is 0.321 e. The Kier molecular flexibility index (Phi) is 5.06. The van der Waals surface area contributed by atoms with Gasteiger partial charge in [-0.1, -0.05) is 6.07 Å². The first kappa shape index (κ1) is 17.7. The lowest BCUT2D eigenvalue weighted by Crippen LogP contribution is -2.28. The number of halogens is 1. The number of benzene rings is 2. The third-order valence-corrected chi connectivity index (χ3v) is 4.27. The number of methoxy groups -OCH3 is 1. The highest BCUT2D eigenvalue weighted by Gasteiger charge is 2.21. The van der Waals surface area contributed by atoms with Crippen molar-refractivity contribution in [2.75, 3.05) is 32.1 Å². The molecule has 7 heteroatoms. The van der Waals surface area contributed by atoms with Crippen LogP contribution in [0.4, 0.5) is 14.9 Å². The maximum atomic E-state index is 13.8. The van der Waals surface area contributed by atoms with E-state index in [9.17, 15) is 14.0 Å². The standard InChI is InChI=1S/C19H20FN3O3/c1-22(12-13-3-8-17(26-2)16(20)11-13)18(24)14-4-6-15(7-5-14)23-10-9-21-19(23)25/h3-8,11H,9-10,12H2,1-2H3,(H,21,25). The van der Waals surface area contributed by atoms with Crippen LogP contribution < -0.4 is 15.0 Å². The molecule has 2 aromatic rings. The van der Waals surface area contributed by atoms with Gasteiger partial charge in [0, 0.05) is 37.9 Å². The molecule has 0 saturated carbocycles. The number of carbonyl (C=O) groups excluding carboxylic acids is 2. The van der Waals surface area contributed by atoms with Crippen molar-refractivity contribution in [2.45, 2.75) is 6.54 Å². The van der Waals surface area contributed by atoms with E-state index in [1.54, 1.807) is 48.3 Å². The Hall–Kier alpha value is -3.09. The van der Waals surface area contributed by atoms with E-state index in [1.807, 2.05) is 0 Å². The molecular formula is C19H20FN3O3. The normalized spacial score (nSPS) is 13.5. The predicted octanol–water partition coefficient (Wildman–Crippen LogP) is 2.64. The molecule has 0 spiro atoms. The number of anilines is 1. The summed E-state index contributed by atoms with van der Waals surface area (Å²) in [7, 11) is 3.06. The van der Waals surface area contributed by atoms with Gasteiger partial charge in [-0.25, -0.2) is 9.18 Å². The van der Waals surface area contributed by atoms with Gasteiger partial charge in [0.25, 0.3) is 5.91 Å². The molecule has 0 radical (unpaired) electrons. The van der Waals surface area contributed by atoms with Gasteiger partial charge in [-0.3, -0.25) is 9.69 Å². The maximum absolute atomic E-state index is 13.8. The van der Waals surface area contributed by atoms with Crippen molar-refractivity contribution in [1.29, 1.82) is 0 Å². The molecule has 1 heterocycles. The number of carbonyl (C=O) groups is 2. The van der Waals surface area contributed by atoms with Crippen molar-refractivity contribution in [3.05, 3.63) is 59.4 Å². The lowest BCUT2D eigenvalue weighted by Gasteiger charge is -2.19. The van der Waals surface area contributed by atoms with E-state index in [1.165, 1.54) is 18.1 Å². The number of nitrogens with zero attached hydrogens (tertiary/aromatic N) is 2. The molecule has 2 aromatic carbocycles. The van der Waals surface area contributed by atoms with Crippen LogP contribution in [0, 0.1) is 5.82 Å². The van der Waals surface area contributed by atoms with Crippen molar-refractivity contribution in [2.24, 2.45) is 0 Å². The molecule has 0 unspecified atom stereocenters. The molecule has 1 saturated heterocycles. The Morgan fingerprint density at radius 2 is 2.00 bits per heavy atom. The minimum atomic E-state index is -0.459. The van der Waals surface area contributed by atoms with E-state index < -0.39 is 5.82 Å². The number of rotatable bonds is 5. The van der Waals surface area contributed by atoms with Crippen molar-refractivity contribution >= 4 is 17.6 Å². The van der Waals surface area contributed by atoms with Gasteiger partial charge in [-0.05, 0) is 42.0 Å². The number of amides is 3. The second-order valence-electron chi connectivity index (χ2n) is 6.06. The molecule has 0 aromatic heterocycles. The number of nitrogens with one attached hydrogen (secondary N) is 1. The number of hydrogen-bond acceptors (Lipinski definition) is 3. The first-order valence-corrected chi connectivity index (χ1v) is 8.23. The van der Waals surface area contributed by atoms with Crippen LogP contribution in [0.3, 0.4) is 0 Å². The third-order valence-electron chi connectivity index (χ3n) is 4.27. The van der Waals surface area contributed by atoms with Crippen LogP contribution in [-0.4, -0.2) is 44.1 Å². The smallest absolute Gasteiger partial charge is 0.321 e. The van der Waals surface area contributed by atoms with E-state index in [-0.39, 0.29) is 24.2 Å². The topological polar surface area (TPSA) is 61.9 Å². The Morgan fingerprint density at radius 3 is 2.58 bits per heavy atom. The monoisotopic (exact) mass is 357 g/mol. The van der Waals surface area contributed by atoms with Gasteiger partial charge in [0.1, 0.15) is 0 Å². The van der Waals surface area contributed by atoms with Gasteiger partial charge in [0.05, 0.1) is 7.11 Å². The van der Waals surface area contributed by atoms with Gasteiger partial charge in [-0.15, -0.1) is 0 Å². The molecule has 1 aliphatic rings. The summed E-state index contributed by atoms with van der Waals surface area (Å²) in [6.07, 6.45) is 0. The summed E-state index contributed by atoms with van der Waals surface area (Å²) in [5, 5.41) is 2.74. The van der Waals surface area contributed by atoms with E-state index in [2.05, 4.69) is 5.32 Å². The lowest BCUT2D eigenvalue weighted by atomic mass is 10.1. The fourth-order valence-electron chi connectivity index (χ4n) is 2.88. The molecular weight excluding hydrogens is 337 g/mol. The zero-order chi connectivity index (χ0) is 18.7. The van der Waals surface area contributed by atoms with Crippen LogP contribution in [0.15, 0.2) is 42.5 Å². The summed E-state index contributed by atoms with van der Waals surface area (Å²) < 4.78 is 18.7. The van der Waals surface area contributed by atoms with E-state index >= 15 is 0 Å². The highest BCUT2D eigenvalue weighted by molar-refractivity contribution is 5.96. The van der Waals surface area contributed by atoms with Crippen LogP contribution in [0.1, 0.15) is 15.9 Å². The third kappa shape index (κ3) is 3.61. The van der Waals surface area contributed by atoms with Crippen LogP contribution in [-0.2, 0) is 6.54 Å². The highest BCUT2D eigenvalue weighted by Crippen LogP contribution is 2.20. The average Bonchev–Trinajstić information content (AvgIpc) is 3.07. The summed E-state index contributed by atoms with van der Waals surface area (Å²) in [4.78, 5) is 27.4. The molecule has 1 N–H and O–H groups in total. The summed E-state index contributed by atoms with van der Waals surface area (Å²) in [5.41, 5.74) is 1.92. The molecule has 1 aliphatic heterocycles. The van der Waals surface area contributed by atoms with Crippen molar-refractivity contribution in [3.63, 3.8) is 0 Å². The number of hydrogen-bond donors (Lipinski definition) is 1. The summed E-state index contributed by atoms with van der Waals surface area (Å²) >= 11 is 0. The minimum absolute atomic E-state index is 0.136. The van der Waals surface area contributed by atoms with Crippen molar-refractivity contribution < 1.29 is 18.7 Å². The van der Waals surface area contributed by atoms with Crippen molar-refractivity contribution in [1.82, 2.24) is 10.2 Å². The quantitative estimate of drug-likeness (QED) is 0.895. The zero-order valence-electron chi connectivity index (χ0n) is 14.7. The molecule has 0 atom stereocenters. The molecule has 6 nitrogen and oxygen atoms in total. The van der Waals surface area contributed by atoms with Gasteiger partial charge in [0.15, 0.2) is 11.6 Å². The summed E-state index contributed by atoms with van der Waals surface area (Å²) in [5.74, 6) is -0.470. The largest absolute Gasteiger partial charge is 0.494 e. The van der Waals surface area contributed by atoms with Crippen molar-refractivity contribution in [3.8, 4) is 5.75 Å². The second kappa shape index (κ2) is 7.43. The Morgan fingerprint density at radius 1 is 1.27 bits per heavy atom. The fourth-order valence-corrected chi connectivity index (χ4v) is 2.88. The van der Waals surface area contributed by atoms with E-state index in [4.69, 9.17) is 4.74 Å². The minimum Gasteiger partial charge on any atom is -0.494 e. The lowest BCUT2D eigenvalue weighted by molar-refractivity contribution is 0.0785. The van der Waals surface area contributed by atoms with Gasteiger partial charge in [0.2, 0.25) is 0 Å². The molecule has 136 valence electrons. The Labute approximate surface area is 151 Å². The van der Waals surface area contributed by atoms with Crippen LogP contribution in [0.2, 0.25) is 0 Å². The molecule has 3 rings (SSSR count). The highest BCUT2D eigenvalue weighted by atomic mass is 19.1. The summed E-state index contributed by atoms with van der Waals surface area (Å²) in [6, 6.07) is 11.4. The van der Waals surface area contributed by atoms with Gasteiger partial charge < -0.3 is 15.0 Å². The first-order valence-electron chi connectivity index (χ1n) is 8.23. The Balaban J connectivity index is 1.68. The van der Waals surface area contributed by atoms with Crippen LogP contribution in [0.25, 0.3) is 0 Å². The second-order valence-corrected chi connectivity index (χ2v) is 6.06. The zero-order valence-corrected chi connectivity index (χ0v) is 14.7. The molecule has 0 bridgehead atoms. The molecule has 0 aliphatic carbocycles. The first-order chi connectivity index (χ1) is 12.5. The van der Waals surface area contributed by atoms with Crippen LogP contribution in [0.5, 0.6) is 5.75 Å². The predicted molar refractivity (Wildman–Crippen MR) is 95.9 cm³/mol. The summed E-state index contributed by atoms with van der Waals surface area (Å²) in [6.45, 7) is 1.49. The van der Waals surface area contributed by atoms with Gasteiger partial charge in [-0.2, -0.15) is 0 Å². The average molecular weight is 357 g/mol. The fraction of sp³-hybridized carbons (Fsp3) is 0.263.